The molecule has 0 aliphatic heterocycles. The molecule has 2 fully saturated rings. The average molecular weight is 601 g/mol. The van der Waals surface area contributed by atoms with Crippen LogP contribution in [0.4, 0.5) is 8.78 Å². The third-order valence-corrected chi connectivity index (χ3v) is 9.53. The quantitative estimate of drug-likeness (QED) is 0.227. The Morgan fingerprint density at radius 2 is 1.89 bits per heavy atom. The number of methoxy groups -OCH3 is 1. The van der Waals surface area contributed by atoms with Crippen LogP contribution in [0.2, 0.25) is 0 Å². The summed E-state index contributed by atoms with van der Waals surface area (Å²) < 4.78 is 44.5. The Bertz CT molecular complexity index is 1640. The molecule has 0 unspecified atom stereocenters. The van der Waals surface area contributed by atoms with E-state index >= 15 is 8.78 Å². The predicted molar refractivity (Wildman–Crippen MR) is 162 cm³/mol. The van der Waals surface area contributed by atoms with Gasteiger partial charge >= 0.3 is 0 Å². The van der Waals surface area contributed by atoms with Crippen molar-refractivity contribution in [3.05, 3.63) is 83.1 Å². The van der Waals surface area contributed by atoms with Crippen molar-refractivity contribution in [2.45, 2.75) is 82.0 Å². The fourth-order valence-corrected chi connectivity index (χ4v) is 7.33. The van der Waals surface area contributed by atoms with E-state index in [-0.39, 0.29) is 35.2 Å². The highest BCUT2D eigenvalue weighted by Gasteiger charge is 2.38. The molecule has 4 atom stereocenters. The molecule has 10 heteroatoms. The van der Waals surface area contributed by atoms with E-state index in [1.54, 1.807) is 36.2 Å². The van der Waals surface area contributed by atoms with Gasteiger partial charge < -0.3 is 15.2 Å². The lowest BCUT2D eigenvalue weighted by molar-refractivity contribution is -0.0199. The fourth-order valence-electron chi connectivity index (χ4n) is 7.33. The molecule has 2 aliphatic rings. The summed E-state index contributed by atoms with van der Waals surface area (Å²) in [4.78, 5) is 9.02. The third-order valence-electron chi connectivity index (χ3n) is 9.53. The minimum atomic E-state index is -0.663. The van der Waals surface area contributed by atoms with Crippen molar-refractivity contribution in [3.8, 4) is 17.3 Å². The minimum Gasteiger partial charge on any atom is -0.375 e. The van der Waals surface area contributed by atoms with Gasteiger partial charge in [0.25, 0.3) is 0 Å². The molecule has 0 saturated heterocycles. The fraction of sp³-hybridized carbons (Fsp3) is 0.471. The van der Waals surface area contributed by atoms with Crippen LogP contribution in [-0.4, -0.2) is 45.4 Å². The number of fused-ring (bicyclic) bond motifs is 1. The smallest absolute Gasteiger partial charge is 0.136 e. The lowest BCUT2D eigenvalue weighted by Gasteiger charge is -2.39. The van der Waals surface area contributed by atoms with Crippen molar-refractivity contribution in [2.24, 2.45) is 11.7 Å². The van der Waals surface area contributed by atoms with E-state index in [1.165, 1.54) is 12.1 Å². The summed E-state index contributed by atoms with van der Waals surface area (Å²) >= 11 is 0. The summed E-state index contributed by atoms with van der Waals surface area (Å²) in [6.07, 6.45) is 11.1. The molecule has 0 amide bonds. The lowest BCUT2D eigenvalue weighted by Crippen LogP contribution is -2.46. The van der Waals surface area contributed by atoms with Gasteiger partial charge in [0, 0.05) is 32.0 Å². The van der Waals surface area contributed by atoms with Gasteiger partial charge in [0.05, 0.1) is 53.8 Å². The maximum atomic E-state index is 15.6. The van der Waals surface area contributed by atoms with Crippen LogP contribution in [0.1, 0.15) is 80.3 Å². The number of halogens is 2. The van der Waals surface area contributed by atoms with Crippen molar-refractivity contribution in [1.82, 2.24) is 19.6 Å². The number of aromatic nitrogens is 4. The maximum Gasteiger partial charge on any atom is 0.136 e. The van der Waals surface area contributed by atoms with Gasteiger partial charge in [-0.25, -0.2) is 18.3 Å². The summed E-state index contributed by atoms with van der Waals surface area (Å²) in [5.41, 5.74) is 9.36. The molecular formula is C34H38F2N6O2. The lowest BCUT2D eigenvalue weighted by atomic mass is 9.73. The Balaban J connectivity index is 1.27. The molecule has 6 rings (SSSR count). The topological polar surface area (TPSA) is 111 Å². The molecule has 3 heterocycles. The van der Waals surface area contributed by atoms with E-state index in [9.17, 15) is 0 Å². The maximum absolute atomic E-state index is 15.6. The van der Waals surface area contributed by atoms with E-state index in [2.05, 4.69) is 28.1 Å². The molecule has 2 saturated carbocycles. The zero-order valence-electron chi connectivity index (χ0n) is 25.2. The third kappa shape index (κ3) is 5.72. The zero-order chi connectivity index (χ0) is 30.8. The summed E-state index contributed by atoms with van der Waals surface area (Å²) in [5.74, 6) is -0.249. The molecule has 44 heavy (non-hydrogen) atoms. The van der Waals surface area contributed by atoms with Gasteiger partial charge in [-0.15, -0.1) is 0 Å². The first-order chi connectivity index (χ1) is 21.3. The highest BCUT2D eigenvalue weighted by Crippen LogP contribution is 2.43. The standard InChI is InChI=1S/C34H38F2N6O2/c1-21-14-22(15-29(38)33(21)44-13-5-11-37)26-8-12-39-19-23(26)16-31-40-20-25-6-7-30(41-42(25)31)32-27(35)17-24(18-28(32)36)34(43-2)9-3-4-10-34/h6-8,12,17-22,29,33H,3-5,9-10,13-16,38H2,1-2H3/t21-,22+,29+,33-/m0/s1. The van der Waals surface area contributed by atoms with Gasteiger partial charge in [0.15, 0.2) is 0 Å². The Morgan fingerprint density at radius 1 is 1.11 bits per heavy atom. The Morgan fingerprint density at radius 3 is 2.59 bits per heavy atom. The number of benzene rings is 1. The molecule has 2 aliphatic carbocycles. The molecule has 1 aromatic carbocycles. The molecular weight excluding hydrogens is 562 g/mol. The Kier molecular flexibility index (Phi) is 8.72. The first kappa shape index (κ1) is 30.3. The van der Waals surface area contributed by atoms with E-state index in [0.717, 1.165) is 55.2 Å². The van der Waals surface area contributed by atoms with E-state index < -0.39 is 17.2 Å². The number of nitrogens with zero attached hydrogens (tertiary/aromatic N) is 5. The van der Waals surface area contributed by atoms with Crippen LogP contribution < -0.4 is 5.73 Å². The second-order valence-corrected chi connectivity index (χ2v) is 12.3. The van der Waals surface area contributed by atoms with Gasteiger partial charge in [0.2, 0.25) is 0 Å². The van der Waals surface area contributed by atoms with Crippen molar-refractivity contribution in [2.75, 3.05) is 13.7 Å². The number of imidazole rings is 1. The second-order valence-electron chi connectivity index (χ2n) is 12.3. The molecule has 4 aromatic rings. The van der Waals surface area contributed by atoms with Crippen LogP contribution >= 0.6 is 0 Å². The molecule has 0 spiro atoms. The first-order valence-electron chi connectivity index (χ1n) is 15.4. The first-order valence-corrected chi connectivity index (χ1v) is 15.4. The summed E-state index contributed by atoms with van der Waals surface area (Å²) in [6.45, 7) is 2.53. The van der Waals surface area contributed by atoms with Gasteiger partial charge in [-0.05, 0) is 84.5 Å². The van der Waals surface area contributed by atoms with Gasteiger partial charge in [0.1, 0.15) is 17.5 Å². The van der Waals surface area contributed by atoms with Crippen molar-refractivity contribution in [1.29, 1.82) is 5.26 Å². The summed E-state index contributed by atoms with van der Waals surface area (Å²) in [7, 11) is 1.60. The molecule has 230 valence electrons. The van der Waals surface area contributed by atoms with Crippen LogP contribution in [0.25, 0.3) is 16.8 Å². The predicted octanol–water partition coefficient (Wildman–Crippen LogP) is 6.22. The van der Waals surface area contributed by atoms with Crippen LogP contribution in [0.3, 0.4) is 0 Å². The number of nitriles is 1. The second kappa shape index (κ2) is 12.7. The van der Waals surface area contributed by atoms with Gasteiger partial charge in [-0.2, -0.15) is 10.4 Å². The highest BCUT2D eigenvalue weighted by molar-refractivity contribution is 5.63. The number of ether oxygens (including phenoxy) is 2. The van der Waals surface area contributed by atoms with Crippen LogP contribution in [-0.2, 0) is 21.5 Å². The normalized spacial score (nSPS) is 23.2. The van der Waals surface area contributed by atoms with E-state index in [0.29, 0.717) is 30.8 Å². The van der Waals surface area contributed by atoms with E-state index in [4.69, 9.17) is 20.5 Å². The van der Waals surface area contributed by atoms with Crippen molar-refractivity contribution < 1.29 is 18.3 Å². The Hall–Kier alpha value is -3.78. The Labute approximate surface area is 256 Å². The van der Waals surface area contributed by atoms with Crippen LogP contribution in [0.5, 0.6) is 0 Å². The largest absolute Gasteiger partial charge is 0.375 e. The average Bonchev–Trinajstić information content (AvgIpc) is 3.66. The number of hydrogen-bond donors (Lipinski definition) is 1. The van der Waals surface area contributed by atoms with Gasteiger partial charge in [-0.1, -0.05) is 19.8 Å². The van der Waals surface area contributed by atoms with Crippen LogP contribution in [0, 0.1) is 28.9 Å². The summed E-state index contributed by atoms with van der Waals surface area (Å²) in [5, 5.41) is 13.5. The molecule has 8 nitrogen and oxygen atoms in total. The number of nitrogens with two attached hydrogens (primary N) is 1. The van der Waals surface area contributed by atoms with Gasteiger partial charge in [-0.3, -0.25) is 4.98 Å². The monoisotopic (exact) mass is 600 g/mol. The number of rotatable bonds is 9. The highest BCUT2D eigenvalue weighted by atomic mass is 19.1. The molecule has 0 radical (unpaired) electrons. The molecule has 0 bridgehead atoms. The van der Waals surface area contributed by atoms with Crippen molar-refractivity contribution >= 4 is 5.52 Å². The molecule has 2 N–H and O–H groups in total. The SMILES string of the molecule is COC1(c2cc(F)c(-c3ccc4cnc(Cc5cnccc5[C@H]5C[C@@H](N)[C@@H](OCCC#N)[C@@H](C)C5)n4n3)c(F)c2)CCCC1. The van der Waals surface area contributed by atoms with Crippen LogP contribution in [0.15, 0.2) is 48.9 Å². The number of hydrogen-bond acceptors (Lipinski definition) is 7. The minimum absolute atomic E-state index is 0.0863. The van der Waals surface area contributed by atoms with E-state index in [1.807, 2.05) is 12.3 Å². The number of pyridine rings is 1. The van der Waals surface area contributed by atoms with Crippen molar-refractivity contribution in [3.63, 3.8) is 0 Å². The summed E-state index contributed by atoms with van der Waals surface area (Å²) in [6, 6.07) is 10.2. The zero-order valence-corrected chi connectivity index (χ0v) is 25.2. The molecule has 3 aromatic heterocycles.